The Balaban J connectivity index is 1.88. The van der Waals surface area contributed by atoms with Crippen LogP contribution in [0.3, 0.4) is 0 Å². The second-order valence-electron chi connectivity index (χ2n) is 5.68. The van der Waals surface area contributed by atoms with Crippen molar-refractivity contribution in [3.05, 3.63) is 30.3 Å². The zero-order valence-electron chi connectivity index (χ0n) is 12.4. The molecule has 0 radical (unpaired) electrons. The van der Waals surface area contributed by atoms with E-state index in [0.717, 1.165) is 24.6 Å². The number of benzene rings is 1. The summed E-state index contributed by atoms with van der Waals surface area (Å²) in [6.07, 6.45) is 4.87. The molecular formula is C15H22N6. The van der Waals surface area contributed by atoms with Crippen molar-refractivity contribution in [1.82, 2.24) is 20.2 Å². The number of anilines is 1. The van der Waals surface area contributed by atoms with Crippen molar-refractivity contribution < 1.29 is 0 Å². The fourth-order valence-corrected chi connectivity index (χ4v) is 3.26. The minimum atomic E-state index is 0.414. The predicted octanol–water partition coefficient (Wildman–Crippen LogP) is 1.62. The Morgan fingerprint density at radius 1 is 1.24 bits per heavy atom. The van der Waals surface area contributed by atoms with Crippen molar-refractivity contribution in [2.75, 3.05) is 18.5 Å². The average molecular weight is 286 g/mol. The Morgan fingerprint density at radius 2 is 2.00 bits per heavy atom. The van der Waals surface area contributed by atoms with Gasteiger partial charge in [0.2, 0.25) is 5.95 Å². The highest BCUT2D eigenvalue weighted by molar-refractivity contribution is 5.40. The first-order valence-electron chi connectivity index (χ1n) is 7.58. The van der Waals surface area contributed by atoms with Gasteiger partial charge in [-0.25, -0.2) is 0 Å². The van der Waals surface area contributed by atoms with Gasteiger partial charge in [-0.2, -0.15) is 4.68 Å². The SMILES string of the molecule is CN(c1nnnn1-c1ccccc1)C1CCCCC1CN. The topological polar surface area (TPSA) is 72.9 Å². The summed E-state index contributed by atoms with van der Waals surface area (Å²) >= 11 is 0. The van der Waals surface area contributed by atoms with Crippen LogP contribution in [-0.2, 0) is 0 Å². The van der Waals surface area contributed by atoms with Crippen molar-refractivity contribution in [3.8, 4) is 5.69 Å². The molecule has 21 heavy (non-hydrogen) atoms. The number of nitrogens with zero attached hydrogens (tertiary/aromatic N) is 5. The van der Waals surface area contributed by atoms with Crippen LogP contribution in [0.2, 0.25) is 0 Å². The third-order valence-corrected chi connectivity index (χ3v) is 4.44. The highest BCUT2D eigenvalue weighted by Gasteiger charge is 2.30. The molecule has 2 atom stereocenters. The van der Waals surface area contributed by atoms with E-state index < -0.39 is 0 Å². The van der Waals surface area contributed by atoms with Crippen molar-refractivity contribution >= 4 is 5.95 Å². The highest BCUT2D eigenvalue weighted by Crippen LogP contribution is 2.29. The lowest BCUT2D eigenvalue weighted by molar-refractivity contribution is 0.304. The first-order valence-corrected chi connectivity index (χ1v) is 7.58. The molecule has 0 saturated heterocycles. The molecule has 112 valence electrons. The summed E-state index contributed by atoms with van der Waals surface area (Å²) < 4.78 is 1.79. The van der Waals surface area contributed by atoms with Crippen LogP contribution in [0, 0.1) is 5.92 Å². The number of aromatic nitrogens is 4. The number of para-hydroxylation sites is 1. The molecule has 0 amide bonds. The number of tetrazole rings is 1. The van der Waals surface area contributed by atoms with Gasteiger partial charge in [0.1, 0.15) is 0 Å². The minimum absolute atomic E-state index is 0.414. The highest BCUT2D eigenvalue weighted by atomic mass is 15.6. The quantitative estimate of drug-likeness (QED) is 0.924. The Kier molecular flexibility index (Phi) is 4.15. The van der Waals surface area contributed by atoms with Gasteiger partial charge in [-0.15, -0.1) is 0 Å². The maximum atomic E-state index is 5.95. The van der Waals surface area contributed by atoms with E-state index in [1.54, 1.807) is 4.68 Å². The fourth-order valence-electron chi connectivity index (χ4n) is 3.26. The first kappa shape index (κ1) is 14.0. The second-order valence-corrected chi connectivity index (χ2v) is 5.68. The van der Waals surface area contributed by atoms with Gasteiger partial charge in [0, 0.05) is 13.1 Å². The molecule has 2 aromatic rings. The molecule has 3 rings (SSSR count). The summed E-state index contributed by atoms with van der Waals surface area (Å²) in [6, 6.07) is 10.4. The van der Waals surface area contributed by atoms with E-state index in [0.29, 0.717) is 12.0 Å². The largest absolute Gasteiger partial charge is 0.339 e. The monoisotopic (exact) mass is 286 g/mol. The molecule has 2 N–H and O–H groups in total. The molecule has 1 heterocycles. The number of nitrogens with two attached hydrogens (primary N) is 1. The van der Waals surface area contributed by atoms with E-state index >= 15 is 0 Å². The first-order chi connectivity index (χ1) is 10.3. The third kappa shape index (κ3) is 2.76. The summed E-state index contributed by atoms with van der Waals surface area (Å²) in [4.78, 5) is 2.20. The van der Waals surface area contributed by atoms with Crippen molar-refractivity contribution in [1.29, 1.82) is 0 Å². The van der Waals surface area contributed by atoms with Crippen LogP contribution in [-0.4, -0.2) is 39.8 Å². The smallest absolute Gasteiger partial charge is 0.250 e. The lowest BCUT2D eigenvalue weighted by atomic mass is 9.84. The van der Waals surface area contributed by atoms with Gasteiger partial charge in [-0.05, 0) is 47.9 Å². The van der Waals surface area contributed by atoms with Crippen molar-refractivity contribution in [2.45, 2.75) is 31.7 Å². The molecule has 0 aliphatic heterocycles. The molecule has 6 heteroatoms. The number of rotatable bonds is 4. The Morgan fingerprint density at radius 3 is 2.76 bits per heavy atom. The van der Waals surface area contributed by atoms with Gasteiger partial charge in [0.25, 0.3) is 0 Å². The van der Waals surface area contributed by atoms with Gasteiger partial charge in [-0.1, -0.05) is 36.1 Å². The molecule has 1 aliphatic carbocycles. The molecule has 6 nitrogen and oxygen atoms in total. The molecule has 0 bridgehead atoms. The fraction of sp³-hybridized carbons (Fsp3) is 0.533. The second kappa shape index (κ2) is 6.22. The normalized spacial score (nSPS) is 22.2. The number of hydrogen-bond acceptors (Lipinski definition) is 5. The van der Waals surface area contributed by atoms with Gasteiger partial charge < -0.3 is 10.6 Å². The van der Waals surface area contributed by atoms with Crippen LogP contribution in [0.5, 0.6) is 0 Å². The maximum absolute atomic E-state index is 5.95. The van der Waals surface area contributed by atoms with Crippen molar-refractivity contribution in [2.24, 2.45) is 11.7 Å². The Labute approximate surface area is 124 Å². The van der Waals surface area contributed by atoms with E-state index in [-0.39, 0.29) is 0 Å². The van der Waals surface area contributed by atoms with E-state index in [1.807, 2.05) is 30.3 Å². The minimum Gasteiger partial charge on any atom is -0.339 e. The van der Waals surface area contributed by atoms with Crippen LogP contribution in [0.25, 0.3) is 5.69 Å². The van der Waals surface area contributed by atoms with E-state index in [9.17, 15) is 0 Å². The van der Waals surface area contributed by atoms with Gasteiger partial charge in [-0.3, -0.25) is 0 Å². The molecule has 0 spiro atoms. The van der Waals surface area contributed by atoms with E-state index in [1.165, 1.54) is 19.3 Å². The van der Waals surface area contributed by atoms with Crippen LogP contribution in [0.1, 0.15) is 25.7 Å². The molecule has 2 unspecified atom stereocenters. The molecule has 1 aromatic heterocycles. The van der Waals surface area contributed by atoms with Gasteiger partial charge >= 0.3 is 0 Å². The standard InChI is InChI=1S/C15H22N6/c1-20(14-10-6-5-7-12(14)11-16)15-17-18-19-21(15)13-8-3-2-4-9-13/h2-4,8-9,12,14H,5-7,10-11,16H2,1H3. The van der Waals surface area contributed by atoms with Crippen LogP contribution in [0.15, 0.2) is 30.3 Å². The van der Waals surface area contributed by atoms with Crippen LogP contribution in [0.4, 0.5) is 5.95 Å². The summed E-state index contributed by atoms with van der Waals surface area (Å²) in [5, 5.41) is 12.2. The lowest BCUT2D eigenvalue weighted by Crippen LogP contribution is -2.44. The van der Waals surface area contributed by atoms with Crippen molar-refractivity contribution in [3.63, 3.8) is 0 Å². The zero-order chi connectivity index (χ0) is 14.7. The van der Waals surface area contributed by atoms with Gasteiger partial charge in [0.15, 0.2) is 0 Å². The molecule has 1 saturated carbocycles. The van der Waals surface area contributed by atoms with Crippen LogP contribution < -0.4 is 10.6 Å². The molecule has 1 aromatic carbocycles. The van der Waals surface area contributed by atoms with Crippen LogP contribution >= 0.6 is 0 Å². The molecule has 1 fully saturated rings. The molecular weight excluding hydrogens is 264 g/mol. The number of hydrogen-bond donors (Lipinski definition) is 1. The summed E-state index contributed by atoms with van der Waals surface area (Å²) in [5.41, 5.74) is 6.93. The zero-order valence-corrected chi connectivity index (χ0v) is 12.4. The predicted molar refractivity (Wildman–Crippen MR) is 82.4 cm³/mol. The Hall–Kier alpha value is -1.95. The van der Waals surface area contributed by atoms with Gasteiger partial charge in [0.05, 0.1) is 5.69 Å². The summed E-state index contributed by atoms with van der Waals surface area (Å²) in [5.74, 6) is 1.30. The molecule has 1 aliphatic rings. The Bertz CT molecular complexity index is 567. The maximum Gasteiger partial charge on any atom is 0.250 e. The van der Waals surface area contributed by atoms with E-state index in [2.05, 4.69) is 27.5 Å². The summed E-state index contributed by atoms with van der Waals surface area (Å²) in [7, 11) is 2.07. The average Bonchev–Trinajstić information content (AvgIpc) is 3.04. The van der Waals surface area contributed by atoms with E-state index in [4.69, 9.17) is 5.73 Å². The summed E-state index contributed by atoms with van der Waals surface area (Å²) in [6.45, 7) is 0.724. The third-order valence-electron chi connectivity index (χ3n) is 4.44. The lowest BCUT2D eigenvalue weighted by Gasteiger charge is -2.37.